The summed E-state index contributed by atoms with van der Waals surface area (Å²) in [6.45, 7) is 4.64. The topological polar surface area (TPSA) is 0 Å². The lowest BCUT2D eigenvalue weighted by molar-refractivity contribution is 0.517. The highest BCUT2D eigenvalue weighted by Gasteiger charge is 2.27. The Morgan fingerprint density at radius 3 is 1.90 bits per heavy atom. The molecule has 0 aliphatic heterocycles. The van der Waals surface area contributed by atoms with Gasteiger partial charge in [0.25, 0.3) is 0 Å². The number of hydrogen-bond acceptors (Lipinski definition) is 0. The molecule has 0 bridgehead atoms. The highest BCUT2D eigenvalue weighted by atomic mass is 14.3. The number of hydrogen-bond donors (Lipinski definition) is 0. The Hall–Kier alpha value is -1.56. The van der Waals surface area contributed by atoms with Crippen LogP contribution in [-0.2, 0) is 0 Å². The molecule has 3 rings (SSSR count). The molecule has 0 N–H and O–H groups in total. The van der Waals surface area contributed by atoms with Crippen LogP contribution >= 0.6 is 0 Å². The maximum Gasteiger partial charge on any atom is 0.0102 e. The lowest BCUT2D eigenvalue weighted by atomic mass is 9.90. The highest BCUT2D eigenvalue weighted by Crippen LogP contribution is 2.46. The third-order valence-electron chi connectivity index (χ3n) is 4.49. The van der Waals surface area contributed by atoms with E-state index in [-0.39, 0.29) is 0 Å². The molecule has 0 radical (unpaired) electrons. The van der Waals surface area contributed by atoms with Crippen LogP contribution in [-0.4, -0.2) is 0 Å². The molecule has 20 heavy (non-hydrogen) atoms. The van der Waals surface area contributed by atoms with E-state index >= 15 is 0 Å². The van der Waals surface area contributed by atoms with Crippen molar-refractivity contribution in [3.63, 3.8) is 0 Å². The predicted molar refractivity (Wildman–Crippen MR) is 87.0 cm³/mol. The molecule has 2 aromatic rings. The molecule has 0 amide bonds. The first-order valence-electron chi connectivity index (χ1n) is 7.95. The molecule has 0 saturated heterocycles. The molecule has 0 unspecified atom stereocenters. The molecule has 0 heterocycles. The summed E-state index contributed by atoms with van der Waals surface area (Å²) < 4.78 is 0. The number of fused-ring (bicyclic) bond motifs is 3. The minimum absolute atomic E-state index is 0.620. The minimum atomic E-state index is 0.620. The standard InChI is InChI=1S/C20H24/c1-15(2)9-3-4-10-16-17-11-5-7-13-19(17)20-14-8-6-12-18(16)20/h5-8,11-16H,3-4,9-10H2,1-2H3. The van der Waals surface area contributed by atoms with Crippen LogP contribution in [0.5, 0.6) is 0 Å². The molecule has 1 aliphatic carbocycles. The van der Waals surface area contributed by atoms with Crippen LogP contribution < -0.4 is 0 Å². The quantitative estimate of drug-likeness (QED) is 0.580. The van der Waals surface area contributed by atoms with Gasteiger partial charge in [-0.2, -0.15) is 0 Å². The van der Waals surface area contributed by atoms with E-state index in [2.05, 4.69) is 62.4 Å². The van der Waals surface area contributed by atoms with Gasteiger partial charge in [0.05, 0.1) is 0 Å². The zero-order valence-electron chi connectivity index (χ0n) is 12.6. The minimum Gasteiger partial charge on any atom is -0.0628 e. The lowest BCUT2D eigenvalue weighted by Gasteiger charge is -2.14. The van der Waals surface area contributed by atoms with Gasteiger partial charge in [-0.05, 0) is 34.6 Å². The van der Waals surface area contributed by atoms with Gasteiger partial charge in [-0.1, -0.05) is 81.6 Å². The van der Waals surface area contributed by atoms with Crippen molar-refractivity contribution >= 4 is 0 Å². The third-order valence-corrected chi connectivity index (χ3v) is 4.49. The van der Waals surface area contributed by atoms with E-state index < -0.39 is 0 Å². The van der Waals surface area contributed by atoms with Crippen molar-refractivity contribution in [3.05, 3.63) is 59.7 Å². The second-order valence-electron chi connectivity index (χ2n) is 6.41. The fourth-order valence-corrected chi connectivity index (χ4v) is 3.47. The fraction of sp³-hybridized carbons (Fsp3) is 0.400. The molecule has 0 aromatic heterocycles. The van der Waals surface area contributed by atoms with Crippen LogP contribution in [0.2, 0.25) is 0 Å². The first-order chi connectivity index (χ1) is 9.77. The van der Waals surface area contributed by atoms with Crippen molar-refractivity contribution in [2.75, 3.05) is 0 Å². The van der Waals surface area contributed by atoms with Crippen LogP contribution in [0.15, 0.2) is 48.5 Å². The summed E-state index contributed by atoms with van der Waals surface area (Å²) in [5.41, 5.74) is 5.99. The van der Waals surface area contributed by atoms with Gasteiger partial charge in [-0.15, -0.1) is 0 Å². The largest absolute Gasteiger partial charge is 0.0628 e. The Balaban J connectivity index is 1.80. The van der Waals surface area contributed by atoms with E-state index in [0.29, 0.717) is 5.92 Å². The van der Waals surface area contributed by atoms with Crippen molar-refractivity contribution in [2.24, 2.45) is 5.92 Å². The second kappa shape index (κ2) is 5.83. The second-order valence-corrected chi connectivity index (χ2v) is 6.41. The van der Waals surface area contributed by atoms with E-state index in [1.165, 1.54) is 36.8 Å². The number of benzene rings is 2. The van der Waals surface area contributed by atoms with Gasteiger partial charge in [0, 0.05) is 5.92 Å². The highest BCUT2D eigenvalue weighted by molar-refractivity contribution is 5.78. The summed E-state index contributed by atoms with van der Waals surface area (Å²) in [6.07, 6.45) is 5.35. The molecule has 0 atom stereocenters. The summed E-state index contributed by atoms with van der Waals surface area (Å²) in [4.78, 5) is 0. The first-order valence-corrected chi connectivity index (χ1v) is 7.95. The van der Waals surface area contributed by atoms with Crippen LogP contribution in [0.25, 0.3) is 11.1 Å². The van der Waals surface area contributed by atoms with Crippen molar-refractivity contribution < 1.29 is 0 Å². The summed E-state index contributed by atoms with van der Waals surface area (Å²) in [5.74, 6) is 1.45. The lowest BCUT2D eigenvalue weighted by Crippen LogP contribution is -1.97. The van der Waals surface area contributed by atoms with Crippen LogP contribution in [0.1, 0.15) is 56.6 Å². The molecular weight excluding hydrogens is 240 g/mol. The van der Waals surface area contributed by atoms with E-state index in [1.807, 2.05) is 0 Å². The normalized spacial score (nSPS) is 13.6. The summed E-state index contributed by atoms with van der Waals surface area (Å²) in [7, 11) is 0. The van der Waals surface area contributed by atoms with Gasteiger partial charge in [0.1, 0.15) is 0 Å². The molecule has 0 nitrogen and oxygen atoms in total. The van der Waals surface area contributed by atoms with Gasteiger partial charge < -0.3 is 0 Å². The fourth-order valence-electron chi connectivity index (χ4n) is 3.47. The molecule has 0 heteroatoms. The maximum atomic E-state index is 2.32. The van der Waals surface area contributed by atoms with Crippen LogP contribution in [0.4, 0.5) is 0 Å². The van der Waals surface area contributed by atoms with Gasteiger partial charge in [0.15, 0.2) is 0 Å². The van der Waals surface area contributed by atoms with Crippen molar-refractivity contribution in [3.8, 4) is 11.1 Å². The zero-order valence-corrected chi connectivity index (χ0v) is 12.6. The molecule has 1 aliphatic rings. The number of unbranched alkanes of at least 4 members (excludes halogenated alkanes) is 1. The average Bonchev–Trinajstić information content (AvgIpc) is 2.78. The van der Waals surface area contributed by atoms with Crippen molar-refractivity contribution in [1.29, 1.82) is 0 Å². The summed E-state index contributed by atoms with van der Waals surface area (Å²) in [6, 6.07) is 17.9. The van der Waals surface area contributed by atoms with Gasteiger partial charge in [0.2, 0.25) is 0 Å². The van der Waals surface area contributed by atoms with Gasteiger partial charge in [-0.3, -0.25) is 0 Å². The Kier molecular flexibility index (Phi) is 3.91. The average molecular weight is 264 g/mol. The summed E-state index contributed by atoms with van der Waals surface area (Å²) in [5, 5.41) is 0. The Bertz CT molecular complexity index is 535. The maximum absolute atomic E-state index is 2.32. The van der Waals surface area contributed by atoms with Gasteiger partial charge in [-0.25, -0.2) is 0 Å². The van der Waals surface area contributed by atoms with E-state index in [1.54, 1.807) is 11.1 Å². The van der Waals surface area contributed by atoms with E-state index in [0.717, 1.165) is 5.92 Å². The van der Waals surface area contributed by atoms with Crippen LogP contribution in [0, 0.1) is 5.92 Å². The molecular formula is C20H24. The van der Waals surface area contributed by atoms with Crippen molar-refractivity contribution in [2.45, 2.75) is 45.4 Å². The predicted octanol–water partition coefficient (Wildman–Crippen LogP) is 6.02. The van der Waals surface area contributed by atoms with E-state index in [4.69, 9.17) is 0 Å². The Labute approximate surface area is 122 Å². The number of rotatable bonds is 5. The summed E-state index contributed by atoms with van der Waals surface area (Å²) >= 11 is 0. The van der Waals surface area contributed by atoms with Crippen molar-refractivity contribution in [1.82, 2.24) is 0 Å². The Morgan fingerprint density at radius 1 is 0.800 bits per heavy atom. The van der Waals surface area contributed by atoms with Gasteiger partial charge >= 0.3 is 0 Å². The molecule has 0 saturated carbocycles. The van der Waals surface area contributed by atoms with E-state index in [9.17, 15) is 0 Å². The smallest absolute Gasteiger partial charge is 0.0102 e. The molecule has 104 valence electrons. The third kappa shape index (κ3) is 2.52. The molecule has 0 spiro atoms. The monoisotopic (exact) mass is 264 g/mol. The SMILES string of the molecule is CC(C)CCCCC1c2ccccc2-c2ccccc21. The molecule has 2 aromatic carbocycles. The zero-order chi connectivity index (χ0) is 13.9. The molecule has 0 fully saturated rings. The Morgan fingerprint density at radius 2 is 1.35 bits per heavy atom. The van der Waals surface area contributed by atoms with Crippen LogP contribution in [0.3, 0.4) is 0 Å². The first kappa shape index (κ1) is 13.4.